The predicted molar refractivity (Wildman–Crippen MR) is 70.5 cm³/mol. The molecule has 0 bridgehead atoms. The third-order valence-electron chi connectivity index (χ3n) is 2.68. The van der Waals surface area contributed by atoms with Gasteiger partial charge in [0, 0.05) is 19.3 Å². The molecule has 6 heteroatoms. The Balaban J connectivity index is 2.28. The normalized spacial score (nSPS) is 14.6. The predicted octanol–water partition coefficient (Wildman–Crippen LogP) is -0.101. The molecular formula is C11H16N6. The summed E-state index contributed by atoms with van der Waals surface area (Å²) in [5.74, 6) is -0.0246. The van der Waals surface area contributed by atoms with E-state index < -0.39 is 0 Å². The Morgan fingerprint density at radius 2 is 2.06 bits per heavy atom. The minimum absolute atomic E-state index is 0.0660. The molecule has 17 heavy (non-hydrogen) atoms. The molecule has 0 unspecified atom stereocenters. The lowest BCUT2D eigenvalue weighted by atomic mass is 10.1. The Labute approximate surface area is 99.8 Å². The van der Waals surface area contributed by atoms with E-state index in [1.165, 1.54) is 11.3 Å². The fourth-order valence-corrected chi connectivity index (χ4v) is 1.91. The van der Waals surface area contributed by atoms with Gasteiger partial charge < -0.3 is 22.1 Å². The number of benzene rings is 1. The highest BCUT2D eigenvalue weighted by Crippen LogP contribution is 2.30. The van der Waals surface area contributed by atoms with E-state index in [9.17, 15) is 0 Å². The van der Waals surface area contributed by atoms with Gasteiger partial charge in [-0.1, -0.05) is 0 Å². The summed E-state index contributed by atoms with van der Waals surface area (Å²) in [5, 5.41) is 0. The van der Waals surface area contributed by atoms with E-state index in [1.807, 2.05) is 18.2 Å². The molecule has 0 saturated heterocycles. The van der Waals surface area contributed by atoms with Crippen LogP contribution in [0.1, 0.15) is 5.56 Å². The lowest BCUT2D eigenvalue weighted by Crippen LogP contribution is -2.26. The average Bonchev–Trinajstić information content (AvgIpc) is 2.58. The topological polar surface area (TPSA) is 106 Å². The maximum Gasteiger partial charge on any atom is 0.223 e. The Kier molecular flexibility index (Phi) is 2.86. The van der Waals surface area contributed by atoms with Crippen LogP contribution < -0.4 is 22.1 Å². The van der Waals surface area contributed by atoms with E-state index in [0.29, 0.717) is 0 Å². The summed E-state index contributed by atoms with van der Waals surface area (Å²) in [6, 6.07) is 5.94. The third kappa shape index (κ3) is 2.47. The van der Waals surface area contributed by atoms with E-state index in [1.54, 1.807) is 0 Å². The Morgan fingerprint density at radius 1 is 1.29 bits per heavy atom. The quantitative estimate of drug-likeness (QED) is 0.464. The van der Waals surface area contributed by atoms with Crippen molar-refractivity contribution in [3.8, 4) is 0 Å². The first kappa shape index (κ1) is 11.3. The fourth-order valence-electron chi connectivity index (χ4n) is 1.91. The van der Waals surface area contributed by atoms with Crippen LogP contribution in [0.3, 0.4) is 0 Å². The summed E-state index contributed by atoms with van der Waals surface area (Å²) < 4.78 is 0. The molecule has 0 atom stereocenters. The van der Waals surface area contributed by atoms with Gasteiger partial charge in [0.1, 0.15) is 0 Å². The van der Waals surface area contributed by atoms with Crippen LogP contribution in [0.2, 0.25) is 0 Å². The van der Waals surface area contributed by atoms with Crippen molar-refractivity contribution >= 4 is 23.3 Å². The van der Waals surface area contributed by atoms with Gasteiger partial charge in [0.05, 0.1) is 5.69 Å². The highest BCUT2D eigenvalue weighted by molar-refractivity contribution is 5.93. The van der Waals surface area contributed by atoms with Gasteiger partial charge in [-0.05, 0) is 30.2 Å². The van der Waals surface area contributed by atoms with Crippen LogP contribution in [0.25, 0.3) is 0 Å². The van der Waals surface area contributed by atoms with Crippen molar-refractivity contribution in [2.75, 3.05) is 18.5 Å². The van der Waals surface area contributed by atoms with Crippen molar-refractivity contribution < 1.29 is 0 Å². The van der Waals surface area contributed by atoms with Crippen molar-refractivity contribution in [2.45, 2.75) is 6.42 Å². The number of hydrogen-bond acceptors (Lipinski definition) is 2. The van der Waals surface area contributed by atoms with Gasteiger partial charge in [-0.25, -0.2) is 4.99 Å². The van der Waals surface area contributed by atoms with Crippen molar-refractivity contribution in [2.24, 2.45) is 27.2 Å². The zero-order valence-electron chi connectivity index (χ0n) is 9.72. The second kappa shape index (κ2) is 4.32. The molecule has 1 aromatic rings. The molecule has 1 aliphatic heterocycles. The summed E-state index contributed by atoms with van der Waals surface area (Å²) in [5.41, 5.74) is 19.3. The van der Waals surface area contributed by atoms with E-state index in [2.05, 4.69) is 21.9 Å². The Hall–Kier alpha value is -2.24. The first-order valence-electron chi connectivity index (χ1n) is 5.34. The second-order valence-corrected chi connectivity index (χ2v) is 3.99. The van der Waals surface area contributed by atoms with Crippen LogP contribution in [0.4, 0.5) is 11.4 Å². The molecule has 90 valence electrons. The lowest BCUT2D eigenvalue weighted by Gasteiger charge is -2.11. The maximum atomic E-state index is 5.57. The molecule has 1 aliphatic rings. The van der Waals surface area contributed by atoms with E-state index in [-0.39, 0.29) is 11.9 Å². The highest BCUT2D eigenvalue weighted by atomic mass is 15.1. The number of hydrogen-bond donors (Lipinski definition) is 3. The van der Waals surface area contributed by atoms with Crippen LogP contribution in [0, 0.1) is 0 Å². The van der Waals surface area contributed by atoms with Crippen LogP contribution in [0.5, 0.6) is 0 Å². The number of anilines is 1. The maximum absolute atomic E-state index is 5.57. The molecule has 6 N–H and O–H groups in total. The van der Waals surface area contributed by atoms with Crippen LogP contribution in [-0.2, 0) is 6.42 Å². The molecule has 0 aliphatic carbocycles. The van der Waals surface area contributed by atoms with Gasteiger partial charge >= 0.3 is 0 Å². The Bertz CT molecular complexity index is 487. The molecule has 6 nitrogen and oxygen atoms in total. The minimum Gasteiger partial charge on any atom is -0.374 e. The molecule has 1 aromatic carbocycles. The number of nitrogens with zero attached hydrogens (tertiary/aromatic N) is 3. The van der Waals surface area contributed by atoms with Crippen molar-refractivity contribution in [3.05, 3.63) is 23.8 Å². The molecule has 0 spiro atoms. The van der Waals surface area contributed by atoms with Crippen LogP contribution in [0.15, 0.2) is 28.2 Å². The minimum atomic E-state index is -0.0906. The molecule has 1 heterocycles. The van der Waals surface area contributed by atoms with Gasteiger partial charge in [0.25, 0.3) is 0 Å². The molecule has 0 radical (unpaired) electrons. The number of nitrogens with two attached hydrogens (primary N) is 3. The van der Waals surface area contributed by atoms with Crippen molar-refractivity contribution in [3.63, 3.8) is 0 Å². The largest absolute Gasteiger partial charge is 0.374 e. The summed E-state index contributed by atoms with van der Waals surface area (Å²) in [6.45, 7) is 1.03. The monoisotopic (exact) mass is 232 g/mol. The lowest BCUT2D eigenvalue weighted by molar-refractivity contribution is 0.956. The molecule has 0 fully saturated rings. The van der Waals surface area contributed by atoms with E-state index in [4.69, 9.17) is 17.2 Å². The first-order valence-corrected chi connectivity index (χ1v) is 5.34. The second-order valence-electron chi connectivity index (χ2n) is 3.99. The zero-order valence-corrected chi connectivity index (χ0v) is 9.72. The summed E-state index contributed by atoms with van der Waals surface area (Å²) in [4.78, 5) is 10.0. The number of rotatable bonds is 1. The summed E-state index contributed by atoms with van der Waals surface area (Å²) in [7, 11) is 2.07. The standard InChI is InChI=1S/C11H16N6/c1-17-5-4-7-6-8(2-3-9(7)17)15-11(14)16-10(12)13/h2-3,6H,4-5H2,1H3,(H6,12,13,14,15,16). The summed E-state index contributed by atoms with van der Waals surface area (Å²) >= 11 is 0. The SMILES string of the molecule is CN1CCc2cc(N=C(N)N=C(N)N)ccc21. The molecule has 0 amide bonds. The highest BCUT2D eigenvalue weighted by Gasteiger charge is 2.15. The Morgan fingerprint density at radius 3 is 2.76 bits per heavy atom. The number of fused-ring (bicyclic) bond motifs is 1. The van der Waals surface area contributed by atoms with Gasteiger partial charge in [-0.3, -0.25) is 0 Å². The molecule has 0 saturated carbocycles. The molecule has 0 aromatic heterocycles. The van der Waals surface area contributed by atoms with E-state index >= 15 is 0 Å². The van der Waals surface area contributed by atoms with Crippen molar-refractivity contribution in [1.82, 2.24) is 0 Å². The number of guanidine groups is 2. The average molecular weight is 232 g/mol. The van der Waals surface area contributed by atoms with Gasteiger partial charge in [0.2, 0.25) is 5.96 Å². The summed E-state index contributed by atoms with van der Waals surface area (Å²) in [6.07, 6.45) is 1.03. The molecule has 2 rings (SSSR count). The number of aliphatic imine (C=N–C) groups is 2. The van der Waals surface area contributed by atoms with Crippen LogP contribution >= 0.6 is 0 Å². The van der Waals surface area contributed by atoms with Gasteiger partial charge in [-0.15, -0.1) is 0 Å². The van der Waals surface area contributed by atoms with Gasteiger partial charge in [-0.2, -0.15) is 4.99 Å². The van der Waals surface area contributed by atoms with Gasteiger partial charge in [0.15, 0.2) is 5.96 Å². The van der Waals surface area contributed by atoms with E-state index in [0.717, 1.165) is 18.7 Å². The van der Waals surface area contributed by atoms with Crippen LogP contribution in [-0.4, -0.2) is 25.5 Å². The zero-order chi connectivity index (χ0) is 12.4. The molecular weight excluding hydrogens is 216 g/mol. The fraction of sp³-hybridized carbons (Fsp3) is 0.273. The smallest absolute Gasteiger partial charge is 0.223 e. The van der Waals surface area contributed by atoms with Crippen molar-refractivity contribution in [1.29, 1.82) is 0 Å². The third-order valence-corrected chi connectivity index (χ3v) is 2.68. The first-order chi connectivity index (χ1) is 8.06. The number of likely N-dealkylation sites (N-methyl/N-ethyl adjacent to an activating group) is 1.